The van der Waals surface area contributed by atoms with Crippen molar-refractivity contribution in [3.8, 4) is 0 Å². The van der Waals surface area contributed by atoms with Crippen molar-refractivity contribution >= 4 is 21.6 Å². The highest BCUT2D eigenvalue weighted by Crippen LogP contribution is 2.18. The van der Waals surface area contributed by atoms with Crippen molar-refractivity contribution in [2.75, 3.05) is 37.8 Å². The lowest BCUT2D eigenvalue weighted by Gasteiger charge is -2.17. The Morgan fingerprint density at radius 2 is 1.83 bits per heavy atom. The molecule has 1 aromatic heterocycles. The summed E-state index contributed by atoms with van der Waals surface area (Å²) in [5.74, 6) is 1.78. The molecule has 0 saturated carbocycles. The average molecular weight is 416 g/mol. The highest BCUT2D eigenvalue weighted by Gasteiger charge is 2.13. The number of anilines is 1. The standard InChI is InChI=1S/C21H29N5O2S/c1-22-21(24-12-9-17-5-7-19(8-6-17)29(2,27)28)25-16-18-10-11-23-20(15-18)26-13-3-4-14-26/h5-8,10-11,15H,3-4,9,12-14,16H2,1-2H3,(H2,22,24,25). The van der Waals surface area contributed by atoms with Crippen molar-refractivity contribution in [3.05, 3.63) is 53.7 Å². The SMILES string of the molecule is CN=C(NCCc1ccc(S(C)(=O)=O)cc1)NCc1ccnc(N2CCCC2)c1. The summed E-state index contributed by atoms with van der Waals surface area (Å²) >= 11 is 0. The molecule has 0 amide bonds. The lowest BCUT2D eigenvalue weighted by atomic mass is 10.1. The lowest BCUT2D eigenvalue weighted by Crippen LogP contribution is -2.37. The molecule has 2 heterocycles. The van der Waals surface area contributed by atoms with Crippen LogP contribution in [0.2, 0.25) is 0 Å². The number of sulfone groups is 1. The van der Waals surface area contributed by atoms with E-state index in [1.54, 1.807) is 19.2 Å². The van der Waals surface area contributed by atoms with E-state index < -0.39 is 9.84 Å². The number of benzene rings is 1. The largest absolute Gasteiger partial charge is 0.357 e. The number of aromatic nitrogens is 1. The van der Waals surface area contributed by atoms with Gasteiger partial charge in [0.2, 0.25) is 0 Å². The summed E-state index contributed by atoms with van der Waals surface area (Å²) in [5.41, 5.74) is 2.24. The van der Waals surface area contributed by atoms with Crippen molar-refractivity contribution in [1.29, 1.82) is 0 Å². The van der Waals surface area contributed by atoms with Crippen LogP contribution in [0.4, 0.5) is 5.82 Å². The molecule has 0 aliphatic carbocycles. The second-order valence-corrected chi connectivity index (χ2v) is 9.25. The number of rotatable bonds is 7. The molecule has 3 rings (SSSR count). The quantitative estimate of drug-likeness (QED) is 0.531. The third kappa shape index (κ3) is 6.19. The average Bonchev–Trinajstić information content (AvgIpc) is 3.25. The molecule has 0 radical (unpaired) electrons. The zero-order chi connectivity index (χ0) is 20.7. The van der Waals surface area contributed by atoms with Crippen LogP contribution in [0, 0.1) is 0 Å². The fraction of sp³-hybridized carbons (Fsp3) is 0.429. The Hall–Kier alpha value is -2.61. The van der Waals surface area contributed by atoms with E-state index in [4.69, 9.17) is 0 Å². The van der Waals surface area contributed by atoms with Gasteiger partial charge < -0.3 is 15.5 Å². The minimum atomic E-state index is -3.15. The molecule has 1 saturated heterocycles. The van der Waals surface area contributed by atoms with Crippen LogP contribution in [0.1, 0.15) is 24.0 Å². The van der Waals surface area contributed by atoms with Crippen LogP contribution in [0.15, 0.2) is 52.5 Å². The third-order valence-corrected chi connectivity index (χ3v) is 6.11. The van der Waals surface area contributed by atoms with E-state index in [0.717, 1.165) is 36.9 Å². The zero-order valence-corrected chi connectivity index (χ0v) is 17.9. The fourth-order valence-electron chi connectivity index (χ4n) is 3.32. The maximum atomic E-state index is 11.5. The molecule has 156 valence electrons. The van der Waals surface area contributed by atoms with Crippen molar-refractivity contribution in [3.63, 3.8) is 0 Å². The predicted octanol–water partition coefficient (Wildman–Crippen LogP) is 1.99. The molecule has 0 spiro atoms. The monoisotopic (exact) mass is 415 g/mol. The molecule has 7 nitrogen and oxygen atoms in total. The van der Waals surface area contributed by atoms with Gasteiger partial charge in [0.05, 0.1) is 4.90 Å². The van der Waals surface area contributed by atoms with Gasteiger partial charge in [0.25, 0.3) is 0 Å². The molecule has 1 aliphatic heterocycles. The Balaban J connectivity index is 1.47. The number of nitrogens with zero attached hydrogens (tertiary/aromatic N) is 3. The lowest BCUT2D eigenvalue weighted by molar-refractivity contribution is 0.602. The Morgan fingerprint density at radius 1 is 1.10 bits per heavy atom. The summed E-state index contributed by atoms with van der Waals surface area (Å²) in [5, 5.41) is 6.63. The first-order valence-corrected chi connectivity index (χ1v) is 11.8. The second kappa shape index (κ2) is 9.73. The van der Waals surface area contributed by atoms with Gasteiger partial charge in [-0.05, 0) is 54.7 Å². The van der Waals surface area contributed by atoms with Gasteiger partial charge in [0.15, 0.2) is 15.8 Å². The van der Waals surface area contributed by atoms with Crippen molar-refractivity contribution in [2.24, 2.45) is 4.99 Å². The van der Waals surface area contributed by atoms with E-state index in [9.17, 15) is 8.42 Å². The highest BCUT2D eigenvalue weighted by atomic mass is 32.2. The van der Waals surface area contributed by atoms with Gasteiger partial charge in [-0.3, -0.25) is 4.99 Å². The number of pyridine rings is 1. The van der Waals surface area contributed by atoms with Crippen LogP contribution in [0.25, 0.3) is 0 Å². The van der Waals surface area contributed by atoms with E-state index in [1.165, 1.54) is 24.7 Å². The van der Waals surface area contributed by atoms with Gasteiger partial charge in [-0.25, -0.2) is 13.4 Å². The van der Waals surface area contributed by atoms with Gasteiger partial charge in [-0.2, -0.15) is 0 Å². The number of nitrogens with one attached hydrogen (secondary N) is 2. The van der Waals surface area contributed by atoms with Crippen LogP contribution in [0.5, 0.6) is 0 Å². The molecule has 1 aliphatic rings. The maximum Gasteiger partial charge on any atom is 0.191 e. The van der Waals surface area contributed by atoms with Gasteiger partial charge >= 0.3 is 0 Å². The molecule has 0 bridgehead atoms. The van der Waals surface area contributed by atoms with Crippen molar-refractivity contribution < 1.29 is 8.42 Å². The van der Waals surface area contributed by atoms with E-state index in [1.807, 2.05) is 24.4 Å². The van der Waals surface area contributed by atoms with E-state index in [0.29, 0.717) is 18.0 Å². The predicted molar refractivity (Wildman–Crippen MR) is 117 cm³/mol. The topological polar surface area (TPSA) is 86.7 Å². The summed E-state index contributed by atoms with van der Waals surface area (Å²) in [6.07, 6.45) is 6.33. The van der Waals surface area contributed by atoms with Crippen LogP contribution < -0.4 is 15.5 Å². The molecular weight excluding hydrogens is 386 g/mol. The van der Waals surface area contributed by atoms with Gasteiger partial charge in [-0.15, -0.1) is 0 Å². The fourth-order valence-corrected chi connectivity index (χ4v) is 3.96. The Bertz CT molecular complexity index is 936. The van der Waals surface area contributed by atoms with E-state index in [2.05, 4.69) is 31.6 Å². The van der Waals surface area contributed by atoms with Crippen molar-refractivity contribution in [1.82, 2.24) is 15.6 Å². The molecule has 1 aromatic carbocycles. The molecule has 8 heteroatoms. The Morgan fingerprint density at radius 3 is 2.48 bits per heavy atom. The summed E-state index contributed by atoms with van der Waals surface area (Å²) in [7, 11) is -1.40. The number of aliphatic imine (C=N–C) groups is 1. The molecule has 1 fully saturated rings. The molecule has 0 atom stereocenters. The van der Waals surface area contributed by atoms with Gasteiger partial charge in [-0.1, -0.05) is 12.1 Å². The van der Waals surface area contributed by atoms with Crippen LogP contribution >= 0.6 is 0 Å². The van der Waals surface area contributed by atoms with E-state index in [-0.39, 0.29) is 0 Å². The first kappa shape index (κ1) is 21.1. The second-order valence-electron chi connectivity index (χ2n) is 7.24. The first-order chi connectivity index (χ1) is 14.0. The minimum Gasteiger partial charge on any atom is -0.357 e. The zero-order valence-electron chi connectivity index (χ0n) is 17.1. The van der Waals surface area contributed by atoms with Gasteiger partial charge in [0.1, 0.15) is 5.82 Å². The number of hydrogen-bond acceptors (Lipinski definition) is 5. The summed E-state index contributed by atoms with van der Waals surface area (Å²) in [4.78, 5) is 11.4. The third-order valence-electron chi connectivity index (χ3n) is 4.98. The Labute approximate surface area is 173 Å². The molecule has 2 aromatic rings. The number of guanidine groups is 1. The number of hydrogen-bond donors (Lipinski definition) is 2. The smallest absolute Gasteiger partial charge is 0.191 e. The minimum absolute atomic E-state index is 0.345. The van der Waals surface area contributed by atoms with E-state index >= 15 is 0 Å². The maximum absolute atomic E-state index is 11.5. The summed E-state index contributed by atoms with van der Waals surface area (Å²) in [6, 6.07) is 11.2. The molecule has 2 N–H and O–H groups in total. The molecular formula is C21H29N5O2S. The first-order valence-electron chi connectivity index (χ1n) is 9.89. The molecule has 0 unspecified atom stereocenters. The molecule has 29 heavy (non-hydrogen) atoms. The Kier molecular flexibility index (Phi) is 7.09. The van der Waals surface area contributed by atoms with Crippen LogP contribution in [0.3, 0.4) is 0 Å². The highest BCUT2D eigenvalue weighted by molar-refractivity contribution is 7.90. The normalized spacial score (nSPS) is 14.8. The summed E-state index contributed by atoms with van der Waals surface area (Å²) < 4.78 is 23.1. The van der Waals surface area contributed by atoms with Crippen LogP contribution in [-0.2, 0) is 22.8 Å². The van der Waals surface area contributed by atoms with Crippen molar-refractivity contribution in [2.45, 2.75) is 30.7 Å². The van der Waals surface area contributed by atoms with Gasteiger partial charge in [0, 0.05) is 45.7 Å². The van der Waals surface area contributed by atoms with Crippen LogP contribution in [-0.4, -0.2) is 52.3 Å². The summed E-state index contributed by atoms with van der Waals surface area (Å²) in [6.45, 7) is 3.54.